The van der Waals surface area contributed by atoms with Crippen molar-refractivity contribution in [3.05, 3.63) is 60.2 Å². The predicted molar refractivity (Wildman–Crippen MR) is 78.4 cm³/mol. The number of rotatable bonds is 4. The average molecular weight is 267 g/mol. The molecule has 1 unspecified atom stereocenters. The molecule has 0 radical (unpaired) electrons. The maximum atomic E-state index is 11.3. The van der Waals surface area contributed by atoms with Gasteiger partial charge in [0, 0.05) is 5.41 Å². The summed E-state index contributed by atoms with van der Waals surface area (Å²) in [7, 11) is 0. The van der Waals surface area contributed by atoms with Crippen LogP contribution in [-0.4, -0.2) is 17.1 Å². The third-order valence-electron chi connectivity index (χ3n) is 4.20. The summed E-state index contributed by atoms with van der Waals surface area (Å²) < 4.78 is 0. The predicted octanol–water partition coefficient (Wildman–Crippen LogP) is 2.80. The van der Waals surface area contributed by atoms with Crippen molar-refractivity contribution >= 4 is 5.97 Å². The van der Waals surface area contributed by atoms with Gasteiger partial charge in [0.1, 0.15) is 6.04 Å². The van der Waals surface area contributed by atoms with Crippen LogP contribution in [0.3, 0.4) is 0 Å². The van der Waals surface area contributed by atoms with E-state index in [1.54, 1.807) is 0 Å². The van der Waals surface area contributed by atoms with Gasteiger partial charge in [0.15, 0.2) is 0 Å². The number of hydrogen-bond acceptors (Lipinski definition) is 2. The fourth-order valence-electron chi connectivity index (χ4n) is 2.91. The highest BCUT2D eigenvalue weighted by Gasteiger charge is 2.53. The van der Waals surface area contributed by atoms with Gasteiger partial charge in [-0.3, -0.25) is 4.79 Å². The molecule has 0 spiro atoms. The first-order valence-corrected chi connectivity index (χ1v) is 6.78. The number of hydrogen-bond donors (Lipinski definition) is 2. The van der Waals surface area contributed by atoms with Crippen LogP contribution in [0.25, 0.3) is 11.1 Å². The minimum atomic E-state index is -0.926. The van der Waals surface area contributed by atoms with Crippen LogP contribution in [0.4, 0.5) is 0 Å². The molecule has 1 aliphatic carbocycles. The number of aliphatic carboxylic acids is 1. The van der Waals surface area contributed by atoms with Gasteiger partial charge in [-0.05, 0) is 29.5 Å². The van der Waals surface area contributed by atoms with Gasteiger partial charge in [0.05, 0.1) is 0 Å². The number of carbonyl (C=O) groups is 1. The van der Waals surface area contributed by atoms with Gasteiger partial charge in [0.25, 0.3) is 0 Å². The van der Waals surface area contributed by atoms with E-state index in [0.29, 0.717) is 0 Å². The Morgan fingerprint density at radius 3 is 2.25 bits per heavy atom. The molecule has 0 heterocycles. The van der Waals surface area contributed by atoms with Crippen LogP contribution in [0.15, 0.2) is 54.6 Å². The molecule has 0 aliphatic heterocycles. The van der Waals surface area contributed by atoms with Crippen molar-refractivity contribution in [2.45, 2.75) is 24.3 Å². The van der Waals surface area contributed by atoms with Gasteiger partial charge in [-0.15, -0.1) is 0 Å². The number of carboxylic acids is 1. The van der Waals surface area contributed by atoms with Crippen LogP contribution in [-0.2, 0) is 10.2 Å². The standard InChI is InChI=1S/C17H17NO2/c18-15(16(19)20)17(10-11-17)14-9-5-4-8-13(14)12-6-2-1-3-7-12/h1-9,15H,10-11,18H2,(H,19,20). The van der Waals surface area contributed by atoms with Gasteiger partial charge < -0.3 is 10.8 Å². The van der Waals surface area contributed by atoms with E-state index in [0.717, 1.165) is 29.5 Å². The summed E-state index contributed by atoms with van der Waals surface area (Å²) in [6.07, 6.45) is 1.68. The molecule has 1 atom stereocenters. The van der Waals surface area contributed by atoms with Crippen molar-refractivity contribution < 1.29 is 9.90 Å². The fraction of sp³-hybridized carbons (Fsp3) is 0.235. The summed E-state index contributed by atoms with van der Waals surface area (Å²) in [5.74, 6) is -0.926. The highest BCUT2D eigenvalue weighted by atomic mass is 16.4. The smallest absolute Gasteiger partial charge is 0.321 e. The minimum Gasteiger partial charge on any atom is -0.480 e. The lowest BCUT2D eigenvalue weighted by atomic mass is 9.83. The lowest BCUT2D eigenvalue weighted by Crippen LogP contribution is -2.42. The van der Waals surface area contributed by atoms with Crippen molar-refractivity contribution in [2.24, 2.45) is 5.73 Å². The van der Waals surface area contributed by atoms with Crippen LogP contribution in [0, 0.1) is 0 Å². The first-order valence-electron chi connectivity index (χ1n) is 6.78. The first-order chi connectivity index (χ1) is 9.65. The number of nitrogens with two attached hydrogens (primary N) is 1. The Kier molecular flexibility index (Phi) is 3.07. The molecule has 3 nitrogen and oxygen atoms in total. The molecule has 0 amide bonds. The quantitative estimate of drug-likeness (QED) is 0.895. The third kappa shape index (κ3) is 2.00. The van der Waals surface area contributed by atoms with Crippen molar-refractivity contribution in [1.82, 2.24) is 0 Å². The van der Waals surface area contributed by atoms with E-state index in [9.17, 15) is 9.90 Å². The van der Waals surface area contributed by atoms with Crippen LogP contribution >= 0.6 is 0 Å². The Labute approximate surface area is 118 Å². The molecule has 102 valence electrons. The van der Waals surface area contributed by atoms with Gasteiger partial charge >= 0.3 is 5.97 Å². The summed E-state index contributed by atoms with van der Waals surface area (Å²) in [6.45, 7) is 0. The molecule has 0 bridgehead atoms. The highest BCUT2D eigenvalue weighted by Crippen LogP contribution is 2.53. The van der Waals surface area contributed by atoms with Crippen molar-refractivity contribution in [2.75, 3.05) is 0 Å². The Morgan fingerprint density at radius 2 is 1.65 bits per heavy atom. The summed E-state index contributed by atoms with van der Waals surface area (Å²) >= 11 is 0. The molecule has 3 rings (SSSR count). The zero-order valence-electron chi connectivity index (χ0n) is 11.1. The van der Waals surface area contributed by atoms with Crippen LogP contribution in [0.2, 0.25) is 0 Å². The van der Waals surface area contributed by atoms with Crippen LogP contribution in [0.1, 0.15) is 18.4 Å². The lowest BCUT2D eigenvalue weighted by Gasteiger charge is -2.23. The number of benzene rings is 2. The van der Waals surface area contributed by atoms with Crippen LogP contribution in [0.5, 0.6) is 0 Å². The largest absolute Gasteiger partial charge is 0.480 e. The molecule has 20 heavy (non-hydrogen) atoms. The molecule has 2 aromatic rings. The van der Waals surface area contributed by atoms with Crippen molar-refractivity contribution in [3.8, 4) is 11.1 Å². The second-order valence-corrected chi connectivity index (χ2v) is 5.38. The maximum Gasteiger partial charge on any atom is 0.321 e. The maximum absolute atomic E-state index is 11.3. The molecule has 1 aliphatic rings. The van der Waals surface area contributed by atoms with E-state index in [1.807, 2.05) is 54.6 Å². The fourth-order valence-corrected chi connectivity index (χ4v) is 2.91. The first kappa shape index (κ1) is 12.9. The average Bonchev–Trinajstić information content (AvgIpc) is 3.29. The molecular formula is C17H17NO2. The lowest BCUT2D eigenvalue weighted by molar-refractivity contribution is -0.139. The van der Waals surface area contributed by atoms with Crippen molar-refractivity contribution in [1.29, 1.82) is 0 Å². The van der Waals surface area contributed by atoms with E-state index >= 15 is 0 Å². The molecule has 1 saturated carbocycles. The topological polar surface area (TPSA) is 63.3 Å². The molecule has 1 fully saturated rings. The Balaban J connectivity index is 2.10. The summed E-state index contributed by atoms with van der Waals surface area (Å²) in [6, 6.07) is 17.2. The van der Waals surface area contributed by atoms with E-state index in [2.05, 4.69) is 0 Å². The Hall–Kier alpha value is -2.13. The highest BCUT2D eigenvalue weighted by molar-refractivity contribution is 5.79. The second kappa shape index (κ2) is 4.76. The molecule has 3 N–H and O–H groups in total. The van der Waals surface area contributed by atoms with Gasteiger partial charge in [-0.2, -0.15) is 0 Å². The second-order valence-electron chi connectivity index (χ2n) is 5.38. The Bertz CT molecular complexity index is 632. The molecule has 2 aromatic carbocycles. The summed E-state index contributed by atoms with van der Waals surface area (Å²) in [5, 5.41) is 9.26. The molecular weight excluding hydrogens is 250 g/mol. The number of carboxylic acid groups (broad SMARTS) is 1. The molecule has 0 aromatic heterocycles. The summed E-state index contributed by atoms with van der Waals surface area (Å²) in [5.41, 5.74) is 8.78. The minimum absolute atomic E-state index is 0.404. The van der Waals surface area contributed by atoms with E-state index in [4.69, 9.17) is 5.73 Å². The summed E-state index contributed by atoms with van der Waals surface area (Å²) in [4.78, 5) is 11.3. The molecule has 0 saturated heterocycles. The third-order valence-corrected chi connectivity index (χ3v) is 4.20. The zero-order valence-corrected chi connectivity index (χ0v) is 11.1. The normalized spacial score (nSPS) is 17.4. The van der Waals surface area contributed by atoms with Crippen LogP contribution < -0.4 is 5.73 Å². The van der Waals surface area contributed by atoms with E-state index < -0.39 is 17.4 Å². The van der Waals surface area contributed by atoms with E-state index in [-0.39, 0.29) is 0 Å². The SMILES string of the molecule is NC(C(=O)O)C1(c2ccccc2-c2ccccc2)CC1. The zero-order chi connectivity index (χ0) is 14.2. The van der Waals surface area contributed by atoms with E-state index in [1.165, 1.54) is 0 Å². The Morgan fingerprint density at radius 1 is 1.05 bits per heavy atom. The van der Waals surface area contributed by atoms with Crippen molar-refractivity contribution in [3.63, 3.8) is 0 Å². The monoisotopic (exact) mass is 267 g/mol. The molecule has 3 heteroatoms. The van der Waals surface area contributed by atoms with Gasteiger partial charge in [-0.1, -0.05) is 54.6 Å². The van der Waals surface area contributed by atoms with Gasteiger partial charge in [-0.25, -0.2) is 0 Å². The van der Waals surface area contributed by atoms with Gasteiger partial charge in [0.2, 0.25) is 0 Å².